The van der Waals surface area contributed by atoms with Crippen LogP contribution in [0.1, 0.15) is 17.3 Å². The Kier molecular flexibility index (Phi) is 6.31. The highest BCUT2D eigenvalue weighted by Crippen LogP contribution is 2.41. The van der Waals surface area contributed by atoms with Crippen LogP contribution in [-0.2, 0) is 22.1 Å². The molecule has 1 aliphatic heterocycles. The van der Waals surface area contributed by atoms with Gasteiger partial charge in [0.2, 0.25) is 5.91 Å². The quantitative estimate of drug-likeness (QED) is 0.549. The van der Waals surface area contributed by atoms with E-state index in [1.807, 2.05) is 0 Å². The monoisotopic (exact) mass is 517 g/mol. The van der Waals surface area contributed by atoms with Gasteiger partial charge in [-0.15, -0.1) is 11.3 Å². The van der Waals surface area contributed by atoms with E-state index in [-0.39, 0.29) is 17.1 Å². The van der Waals surface area contributed by atoms with Gasteiger partial charge in [-0.05, 0) is 30.7 Å². The van der Waals surface area contributed by atoms with Crippen molar-refractivity contribution in [1.82, 2.24) is 18.8 Å². The van der Waals surface area contributed by atoms with Crippen LogP contribution < -0.4 is 10.0 Å². The Morgan fingerprint density at radius 1 is 1.31 bits per heavy atom. The molecule has 0 spiro atoms. The summed E-state index contributed by atoms with van der Waals surface area (Å²) in [6, 6.07) is 3.88. The first kappa shape index (κ1) is 23.1. The third-order valence-electron chi connectivity index (χ3n) is 5.12. The number of hydrogen-bond acceptors (Lipinski definition) is 5. The van der Waals surface area contributed by atoms with Gasteiger partial charge in [0.1, 0.15) is 16.2 Å². The predicted octanol–water partition coefficient (Wildman–Crippen LogP) is 3.81. The zero-order chi connectivity index (χ0) is 23.2. The second kappa shape index (κ2) is 8.73. The second-order valence-corrected chi connectivity index (χ2v) is 11.2. The largest absolute Gasteiger partial charge is 0.325 e. The van der Waals surface area contributed by atoms with E-state index in [4.69, 9.17) is 23.2 Å². The highest BCUT2D eigenvalue weighted by molar-refractivity contribution is 7.87. The minimum absolute atomic E-state index is 0.150. The summed E-state index contributed by atoms with van der Waals surface area (Å²) in [6.07, 6.45) is 3.64. The van der Waals surface area contributed by atoms with Gasteiger partial charge in [0.15, 0.2) is 0 Å². The van der Waals surface area contributed by atoms with Crippen LogP contribution in [0.4, 0.5) is 10.1 Å². The van der Waals surface area contributed by atoms with Gasteiger partial charge >= 0.3 is 0 Å². The van der Waals surface area contributed by atoms with Gasteiger partial charge in [-0.25, -0.2) is 4.39 Å². The number of aryl methyl sites for hydroxylation is 1. The number of rotatable bonds is 4. The summed E-state index contributed by atoms with van der Waals surface area (Å²) in [4.78, 5) is 13.6. The van der Waals surface area contributed by atoms with Crippen LogP contribution >= 0.6 is 34.5 Å². The van der Waals surface area contributed by atoms with Crippen molar-refractivity contribution >= 4 is 56.3 Å². The molecule has 2 aromatic heterocycles. The molecule has 0 unspecified atom stereocenters. The number of nitrogens with one attached hydrogen (secondary N) is 2. The molecule has 0 saturated carbocycles. The Labute approximate surface area is 198 Å². The van der Waals surface area contributed by atoms with Gasteiger partial charge in [0, 0.05) is 42.0 Å². The molecule has 3 aromatic rings. The number of benzene rings is 1. The molecule has 4 rings (SSSR count). The molecule has 170 valence electrons. The van der Waals surface area contributed by atoms with Crippen LogP contribution in [0.3, 0.4) is 0 Å². The van der Waals surface area contributed by atoms with E-state index in [0.29, 0.717) is 9.21 Å². The maximum absolute atomic E-state index is 13.4. The summed E-state index contributed by atoms with van der Waals surface area (Å²) in [6.45, 7) is 0. The van der Waals surface area contributed by atoms with Crippen LogP contribution in [-0.4, -0.2) is 41.5 Å². The first-order chi connectivity index (χ1) is 15.0. The van der Waals surface area contributed by atoms with E-state index in [1.54, 1.807) is 30.2 Å². The minimum Gasteiger partial charge on any atom is -0.325 e. The number of thiophene rings is 1. The minimum atomic E-state index is -3.94. The van der Waals surface area contributed by atoms with E-state index in [2.05, 4.69) is 15.1 Å². The molecule has 0 bridgehead atoms. The Morgan fingerprint density at radius 2 is 2.06 bits per heavy atom. The van der Waals surface area contributed by atoms with Crippen molar-refractivity contribution in [3.8, 4) is 11.1 Å². The van der Waals surface area contributed by atoms with Gasteiger partial charge in [0.25, 0.3) is 10.2 Å². The second-order valence-electron chi connectivity index (χ2n) is 7.30. The maximum atomic E-state index is 13.4. The van der Waals surface area contributed by atoms with Crippen LogP contribution in [0.25, 0.3) is 11.1 Å². The highest BCUT2D eigenvalue weighted by atomic mass is 35.5. The van der Waals surface area contributed by atoms with Gasteiger partial charge in [0.05, 0.1) is 17.3 Å². The van der Waals surface area contributed by atoms with Crippen molar-refractivity contribution in [3.63, 3.8) is 0 Å². The zero-order valence-electron chi connectivity index (χ0n) is 16.8. The number of carbonyl (C=O) groups is 1. The molecule has 3 heterocycles. The molecule has 2 atom stereocenters. The van der Waals surface area contributed by atoms with E-state index < -0.39 is 34.0 Å². The Hall–Kier alpha value is -2.02. The lowest BCUT2D eigenvalue weighted by molar-refractivity contribution is -0.120. The molecule has 1 fully saturated rings. The molecule has 8 nitrogen and oxygen atoms in total. The number of halogens is 3. The summed E-state index contributed by atoms with van der Waals surface area (Å²) >= 11 is 13.4. The number of likely N-dealkylation sites (N-methyl/N-ethyl adjacent to an activating group) is 1. The number of aromatic nitrogens is 2. The van der Waals surface area contributed by atoms with Crippen LogP contribution in [0.15, 0.2) is 36.7 Å². The molecule has 1 aliphatic rings. The molecule has 2 N–H and O–H groups in total. The van der Waals surface area contributed by atoms with Gasteiger partial charge < -0.3 is 5.32 Å². The van der Waals surface area contributed by atoms with E-state index in [1.165, 1.54) is 30.5 Å². The van der Waals surface area contributed by atoms with E-state index >= 15 is 0 Å². The lowest BCUT2D eigenvalue weighted by atomic mass is 10.0. The topological polar surface area (TPSA) is 96.3 Å². The molecule has 1 amide bonds. The SMILES string of the molecule is CN1[C@@H](C(=O)Nc2ccc(F)c(Cl)c2)C[C@@H](c2cc(-c3cnn(C)c3)c(Cl)s2)NS1(=O)=O. The third kappa shape index (κ3) is 4.54. The molecule has 13 heteroatoms. The standard InChI is InChI=1S/C19H18Cl2FN5O3S2/c1-26-9-10(8-23-26)12-6-17(31-18(12)21)15-7-16(27(2)32(29,30)25-15)19(28)24-11-3-4-14(22)13(20)5-11/h3-6,8-9,15-16,25H,7H2,1-2H3,(H,24,28)/t15-,16+/m0/s1. The highest BCUT2D eigenvalue weighted by Gasteiger charge is 2.41. The molecular weight excluding hydrogens is 500 g/mol. The smallest absolute Gasteiger partial charge is 0.280 e. The Balaban J connectivity index is 1.60. The first-order valence-corrected chi connectivity index (χ1v) is 12.4. The number of hydrogen-bond donors (Lipinski definition) is 2. The van der Waals surface area contributed by atoms with Crippen molar-refractivity contribution in [2.24, 2.45) is 7.05 Å². The van der Waals surface area contributed by atoms with Crippen LogP contribution in [0.2, 0.25) is 9.36 Å². The van der Waals surface area contributed by atoms with Gasteiger partial charge in [-0.2, -0.15) is 22.5 Å². The Morgan fingerprint density at radius 3 is 2.72 bits per heavy atom. The summed E-state index contributed by atoms with van der Waals surface area (Å²) < 4.78 is 44.5. The van der Waals surface area contributed by atoms with Crippen molar-refractivity contribution in [2.75, 3.05) is 12.4 Å². The van der Waals surface area contributed by atoms with Crippen LogP contribution in [0.5, 0.6) is 0 Å². The van der Waals surface area contributed by atoms with Crippen molar-refractivity contribution < 1.29 is 17.6 Å². The van der Waals surface area contributed by atoms with Gasteiger partial charge in [-0.3, -0.25) is 9.48 Å². The average Bonchev–Trinajstić information content (AvgIpc) is 3.32. The van der Waals surface area contributed by atoms with Crippen molar-refractivity contribution in [2.45, 2.75) is 18.5 Å². The fraction of sp³-hybridized carbons (Fsp3) is 0.263. The first-order valence-electron chi connectivity index (χ1n) is 9.34. The fourth-order valence-corrected chi connectivity index (χ4v) is 6.33. The molecular formula is C19H18Cl2FN5O3S2. The van der Waals surface area contributed by atoms with E-state index in [9.17, 15) is 17.6 Å². The number of carbonyl (C=O) groups excluding carboxylic acids is 1. The Bertz CT molecular complexity index is 1290. The number of amides is 1. The number of nitrogens with zero attached hydrogens (tertiary/aromatic N) is 3. The maximum Gasteiger partial charge on any atom is 0.280 e. The molecule has 32 heavy (non-hydrogen) atoms. The molecule has 1 aromatic carbocycles. The van der Waals surface area contributed by atoms with Gasteiger partial charge in [-0.1, -0.05) is 23.2 Å². The average molecular weight is 518 g/mol. The summed E-state index contributed by atoms with van der Waals surface area (Å²) in [7, 11) is -0.833. The summed E-state index contributed by atoms with van der Waals surface area (Å²) in [5.41, 5.74) is 1.80. The number of anilines is 1. The molecule has 0 radical (unpaired) electrons. The fourth-order valence-electron chi connectivity index (χ4n) is 3.41. The molecule has 0 aliphatic carbocycles. The lowest BCUT2D eigenvalue weighted by Gasteiger charge is -2.35. The summed E-state index contributed by atoms with van der Waals surface area (Å²) in [5.74, 6) is -1.18. The zero-order valence-corrected chi connectivity index (χ0v) is 20.0. The van der Waals surface area contributed by atoms with Crippen LogP contribution in [0, 0.1) is 5.82 Å². The molecule has 1 saturated heterocycles. The normalized spacial score (nSPS) is 20.9. The summed E-state index contributed by atoms with van der Waals surface area (Å²) in [5, 5.41) is 6.59. The predicted molar refractivity (Wildman–Crippen MR) is 123 cm³/mol. The van der Waals surface area contributed by atoms with Crippen molar-refractivity contribution in [1.29, 1.82) is 0 Å². The third-order valence-corrected chi connectivity index (χ3v) is 8.48. The van der Waals surface area contributed by atoms with Crippen molar-refractivity contribution in [3.05, 3.63) is 56.7 Å². The van der Waals surface area contributed by atoms with E-state index in [0.717, 1.165) is 21.5 Å². The lowest BCUT2D eigenvalue weighted by Crippen LogP contribution is -2.55.